The summed E-state index contributed by atoms with van der Waals surface area (Å²) in [4.78, 5) is 11.8. The van der Waals surface area contributed by atoms with Gasteiger partial charge in [0.15, 0.2) is 0 Å². The molecule has 1 aromatic carbocycles. The maximum absolute atomic E-state index is 11.8. The SMILES string of the molecule is COC1=C(C)C=C(c2ccc(OC)cc2)CC1(OC)C(=O)O. The molecule has 0 spiro atoms. The molecule has 0 aliphatic heterocycles. The lowest BCUT2D eigenvalue weighted by molar-refractivity contribution is -0.161. The Labute approximate surface area is 129 Å². The van der Waals surface area contributed by atoms with E-state index >= 15 is 0 Å². The Balaban J connectivity index is 2.50. The van der Waals surface area contributed by atoms with Crippen LogP contribution in [0.15, 0.2) is 41.7 Å². The molecule has 0 heterocycles. The quantitative estimate of drug-likeness (QED) is 0.906. The number of carbonyl (C=O) groups is 1. The summed E-state index contributed by atoms with van der Waals surface area (Å²) in [5.74, 6) is 0.0197. The van der Waals surface area contributed by atoms with Crippen LogP contribution in [0.5, 0.6) is 5.75 Å². The van der Waals surface area contributed by atoms with Gasteiger partial charge in [0.1, 0.15) is 11.5 Å². The molecule has 1 unspecified atom stereocenters. The minimum atomic E-state index is -1.50. The average Bonchev–Trinajstić information content (AvgIpc) is 2.53. The first kappa shape index (κ1) is 16.1. The predicted octanol–water partition coefficient (Wildman–Crippen LogP) is 2.87. The highest BCUT2D eigenvalue weighted by atomic mass is 16.6. The Kier molecular flexibility index (Phi) is 4.56. The number of carboxylic acid groups (broad SMARTS) is 1. The minimum absolute atomic E-state index is 0.200. The molecule has 1 aromatic rings. The van der Waals surface area contributed by atoms with Crippen molar-refractivity contribution in [3.05, 3.63) is 47.2 Å². The molecule has 0 fully saturated rings. The summed E-state index contributed by atoms with van der Waals surface area (Å²) in [6, 6.07) is 7.49. The van der Waals surface area contributed by atoms with Crippen molar-refractivity contribution in [3.63, 3.8) is 0 Å². The fourth-order valence-corrected chi connectivity index (χ4v) is 2.79. The number of methoxy groups -OCH3 is 3. The maximum atomic E-state index is 11.8. The topological polar surface area (TPSA) is 65.0 Å². The number of hydrogen-bond donors (Lipinski definition) is 1. The van der Waals surface area contributed by atoms with Gasteiger partial charge in [0, 0.05) is 13.5 Å². The number of hydrogen-bond acceptors (Lipinski definition) is 4. The van der Waals surface area contributed by atoms with Crippen LogP contribution in [0.3, 0.4) is 0 Å². The van der Waals surface area contributed by atoms with E-state index in [1.807, 2.05) is 37.3 Å². The smallest absolute Gasteiger partial charge is 0.344 e. The first-order valence-electron chi connectivity index (χ1n) is 6.87. The van der Waals surface area contributed by atoms with Gasteiger partial charge in [0.25, 0.3) is 0 Å². The molecule has 1 aliphatic carbocycles. The molecular weight excluding hydrogens is 284 g/mol. The highest BCUT2D eigenvalue weighted by molar-refractivity contribution is 5.87. The van der Waals surface area contributed by atoms with Crippen molar-refractivity contribution in [3.8, 4) is 5.75 Å². The van der Waals surface area contributed by atoms with Gasteiger partial charge >= 0.3 is 5.97 Å². The molecule has 2 rings (SSSR count). The van der Waals surface area contributed by atoms with E-state index in [-0.39, 0.29) is 6.42 Å². The Bertz CT molecular complexity index is 627. The molecule has 0 amide bonds. The van der Waals surface area contributed by atoms with Gasteiger partial charge in [-0.3, -0.25) is 0 Å². The summed E-state index contributed by atoms with van der Waals surface area (Å²) in [5, 5.41) is 9.67. The summed E-state index contributed by atoms with van der Waals surface area (Å²) in [5.41, 5.74) is 1.05. The second-order valence-corrected chi connectivity index (χ2v) is 5.13. The minimum Gasteiger partial charge on any atom is -0.497 e. The number of benzene rings is 1. The highest BCUT2D eigenvalue weighted by Gasteiger charge is 2.47. The van der Waals surface area contributed by atoms with Crippen molar-refractivity contribution in [2.45, 2.75) is 18.9 Å². The van der Waals surface area contributed by atoms with Gasteiger partial charge in [-0.15, -0.1) is 0 Å². The summed E-state index contributed by atoms with van der Waals surface area (Å²) >= 11 is 0. The molecule has 1 atom stereocenters. The van der Waals surface area contributed by atoms with Crippen LogP contribution in [0.4, 0.5) is 0 Å². The second-order valence-electron chi connectivity index (χ2n) is 5.13. The van der Waals surface area contributed by atoms with Crippen molar-refractivity contribution < 1.29 is 24.1 Å². The van der Waals surface area contributed by atoms with Gasteiger partial charge in [-0.1, -0.05) is 18.2 Å². The van der Waals surface area contributed by atoms with Gasteiger partial charge < -0.3 is 19.3 Å². The van der Waals surface area contributed by atoms with Crippen LogP contribution >= 0.6 is 0 Å². The molecule has 22 heavy (non-hydrogen) atoms. The molecule has 5 nitrogen and oxygen atoms in total. The average molecular weight is 304 g/mol. The van der Waals surface area contributed by atoms with E-state index in [0.717, 1.165) is 22.5 Å². The third kappa shape index (κ3) is 2.60. The van der Waals surface area contributed by atoms with E-state index in [2.05, 4.69) is 0 Å². The monoisotopic (exact) mass is 304 g/mol. The summed E-state index contributed by atoms with van der Waals surface area (Å²) in [7, 11) is 4.45. The zero-order chi connectivity index (χ0) is 16.3. The molecule has 0 saturated heterocycles. The van der Waals surface area contributed by atoms with Crippen LogP contribution in [0.1, 0.15) is 18.9 Å². The second kappa shape index (κ2) is 6.23. The Morgan fingerprint density at radius 1 is 1.14 bits per heavy atom. The van der Waals surface area contributed by atoms with Crippen LogP contribution in [-0.4, -0.2) is 38.0 Å². The maximum Gasteiger partial charge on any atom is 0.344 e. The molecule has 1 aliphatic rings. The van der Waals surface area contributed by atoms with Crippen molar-refractivity contribution in [1.82, 2.24) is 0 Å². The molecular formula is C17H20O5. The number of ether oxygens (including phenoxy) is 3. The summed E-state index contributed by atoms with van der Waals surface area (Å²) in [6.45, 7) is 1.82. The predicted molar refractivity (Wildman–Crippen MR) is 82.7 cm³/mol. The lowest BCUT2D eigenvalue weighted by Crippen LogP contribution is -2.45. The van der Waals surface area contributed by atoms with E-state index in [4.69, 9.17) is 14.2 Å². The van der Waals surface area contributed by atoms with Crippen LogP contribution in [-0.2, 0) is 14.3 Å². The molecule has 0 radical (unpaired) electrons. The number of rotatable bonds is 5. The van der Waals surface area contributed by atoms with E-state index < -0.39 is 11.6 Å². The van der Waals surface area contributed by atoms with Gasteiger partial charge in [-0.2, -0.15) is 0 Å². The zero-order valence-corrected chi connectivity index (χ0v) is 13.2. The third-order valence-corrected chi connectivity index (χ3v) is 3.91. The highest BCUT2D eigenvalue weighted by Crippen LogP contribution is 2.40. The van der Waals surface area contributed by atoms with Gasteiger partial charge in [0.2, 0.25) is 5.60 Å². The fraction of sp³-hybridized carbons (Fsp3) is 0.353. The first-order chi connectivity index (χ1) is 10.5. The zero-order valence-electron chi connectivity index (χ0n) is 13.2. The number of allylic oxidation sites excluding steroid dienone is 2. The third-order valence-electron chi connectivity index (χ3n) is 3.91. The van der Waals surface area contributed by atoms with Gasteiger partial charge in [0.05, 0.1) is 14.2 Å². The normalized spacial score (nSPS) is 21.4. The Hall–Kier alpha value is -2.27. The van der Waals surface area contributed by atoms with Crippen molar-refractivity contribution >= 4 is 11.5 Å². The lowest BCUT2D eigenvalue weighted by atomic mass is 9.82. The molecule has 0 bridgehead atoms. The van der Waals surface area contributed by atoms with Crippen LogP contribution in [0.25, 0.3) is 5.57 Å². The summed E-state index contributed by atoms with van der Waals surface area (Å²) in [6.07, 6.45) is 2.13. The standard InChI is InChI=1S/C17H20O5/c1-11-9-13(12-5-7-14(20-2)8-6-12)10-17(22-4,16(18)19)15(11)21-3/h5-9H,10H2,1-4H3,(H,18,19). The van der Waals surface area contributed by atoms with E-state index in [1.165, 1.54) is 14.2 Å². The Morgan fingerprint density at radius 2 is 1.77 bits per heavy atom. The van der Waals surface area contributed by atoms with Crippen LogP contribution in [0, 0.1) is 0 Å². The van der Waals surface area contributed by atoms with Crippen molar-refractivity contribution in [2.24, 2.45) is 0 Å². The first-order valence-corrected chi connectivity index (χ1v) is 6.87. The van der Waals surface area contributed by atoms with Crippen LogP contribution < -0.4 is 4.74 Å². The number of aliphatic carboxylic acids is 1. The fourth-order valence-electron chi connectivity index (χ4n) is 2.79. The lowest BCUT2D eigenvalue weighted by Gasteiger charge is -2.34. The molecule has 1 N–H and O–H groups in total. The molecule has 5 heteroatoms. The van der Waals surface area contributed by atoms with Crippen molar-refractivity contribution in [2.75, 3.05) is 21.3 Å². The molecule has 0 saturated carbocycles. The molecule has 0 aromatic heterocycles. The van der Waals surface area contributed by atoms with E-state index in [0.29, 0.717) is 5.76 Å². The summed E-state index contributed by atoms with van der Waals surface area (Å²) < 4.78 is 15.8. The van der Waals surface area contributed by atoms with E-state index in [9.17, 15) is 9.90 Å². The molecule has 118 valence electrons. The Morgan fingerprint density at radius 3 is 2.23 bits per heavy atom. The van der Waals surface area contributed by atoms with E-state index in [1.54, 1.807) is 7.11 Å². The van der Waals surface area contributed by atoms with Gasteiger partial charge in [-0.05, 0) is 35.8 Å². The van der Waals surface area contributed by atoms with Crippen LogP contribution in [0.2, 0.25) is 0 Å². The van der Waals surface area contributed by atoms with Gasteiger partial charge in [-0.25, -0.2) is 4.79 Å². The largest absolute Gasteiger partial charge is 0.497 e. The number of carboxylic acids is 1. The van der Waals surface area contributed by atoms with Crippen molar-refractivity contribution in [1.29, 1.82) is 0 Å².